The molecule has 0 unspecified atom stereocenters. The van der Waals surface area contributed by atoms with Crippen molar-refractivity contribution in [3.63, 3.8) is 0 Å². The highest BCUT2D eigenvalue weighted by molar-refractivity contribution is 7.99. The number of piperidine rings is 1. The number of aromatic nitrogens is 3. The molecular formula is C23H32FN5OS. The van der Waals surface area contributed by atoms with E-state index in [0.29, 0.717) is 24.3 Å². The highest BCUT2D eigenvalue weighted by Gasteiger charge is 2.25. The molecule has 2 heterocycles. The maximum absolute atomic E-state index is 13.2. The van der Waals surface area contributed by atoms with E-state index in [-0.39, 0.29) is 11.7 Å². The van der Waals surface area contributed by atoms with Crippen LogP contribution in [0.4, 0.5) is 10.1 Å². The van der Waals surface area contributed by atoms with Crippen molar-refractivity contribution >= 4 is 23.4 Å². The van der Waals surface area contributed by atoms with Gasteiger partial charge in [0.05, 0.1) is 12.3 Å². The van der Waals surface area contributed by atoms with E-state index in [9.17, 15) is 9.18 Å². The second-order valence-corrected chi connectivity index (χ2v) is 9.74. The zero-order chi connectivity index (χ0) is 21.6. The Kier molecular flexibility index (Phi) is 7.48. The number of hydrogen-bond acceptors (Lipinski definition) is 5. The summed E-state index contributed by atoms with van der Waals surface area (Å²) in [5.41, 5.74) is 0.850. The molecule has 1 saturated carbocycles. The maximum Gasteiger partial charge on any atom is 0.233 e. The average Bonchev–Trinajstić information content (AvgIpc) is 3.20. The molecule has 0 radical (unpaired) electrons. The quantitative estimate of drug-likeness (QED) is 0.615. The number of halogens is 1. The van der Waals surface area contributed by atoms with Crippen molar-refractivity contribution in [1.82, 2.24) is 19.7 Å². The molecule has 1 saturated heterocycles. The summed E-state index contributed by atoms with van der Waals surface area (Å²) in [6, 6.07) is 6.72. The second kappa shape index (κ2) is 10.5. The topological polar surface area (TPSA) is 63.1 Å². The largest absolute Gasteiger partial charge is 0.378 e. The number of hydrogen-bond donors (Lipinski definition) is 1. The summed E-state index contributed by atoms with van der Waals surface area (Å²) in [7, 11) is 0. The molecule has 1 aromatic carbocycles. The molecule has 31 heavy (non-hydrogen) atoms. The van der Waals surface area contributed by atoms with Gasteiger partial charge in [-0.25, -0.2) is 4.39 Å². The van der Waals surface area contributed by atoms with E-state index in [2.05, 4.69) is 27.0 Å². The van der Waals surface area contributed by atoms with E-state index in [1.807, 2.05) is 4.90 Å². The zero-order valence-electron chi connectivity index (χ0n) is 18.2. The average molecular weight is 446 g/mol. The van der Waals surface area contributed by atoms with E-state index >= 15 is 0 Å². The molecule has 2 aliphatic rings. The number of likely N-dealkylation sites (tertiary alicyclic amines) is 1. The minimum atomic E-state index is -0.248. The summed E-state index contributed by atoms with van der Waals surface area (Å²) in [5, 5.41) is 13.1. The Bertz CT molecular complexity index is 865. The van der Waals surface area contributed by atoms with Crippen LogP contribution in [0.3, 0.4) is 0 Å². The van der Waals surface area contributed by atoms with Crippen molar-refractivity contribution in [3.05, 3.63) is 35.9 Å². The van der Waals surface area contributed by atoms with Crippen LogP contribution in [0.25, 0.3) is 0 Å². The molecule has 1 aliphatic heterocycles. The van der Waals surface area contributed by atoms with Crippen LogP contribution in [-0.2, 0) is 11.3 Å². The highest BCUT2D eigenvalue weighted by atomic mass is 32.2. The monoisotopic (exact) mass is 445 g/mol. The van der Waals surface area contributed by atoms with E-state index in [4.69, 9.17) is 0 Å². The number of thioether (sulfide) groups is 1. The van der Waals surface area contributed by atoms with Gasteiger partial charge in [-0.2, -0.15) is 0 Å². The molecule has 1 N–H and O–H groups in total. The summed E-state index contributed by atoms with van der Waals surface area (Å²) in [5.74, 6) is 1.81. The summed E-state index contributed by atoms with van der Waals surface area (Å²) >= 11 is 1.51. The molecule has 1 aliphatic carbocycles. The third-order valence-electron chi connectivity index (χ3n) is 6.30. The van der Waals surface area contributed by atoms with Gasteiger partial charge in [0.25, 0.3) is 0 Å². The predicted octanol–water partition coefficient (Wildman–Crippen LogP) is 4.89. The van der Waals surface area contributed by atoms with Crippen molar-refractivity contribution in [3.8, 4) is 0 Å². The molecule has 0 bridgehead atoms. The van der Waals surface area contributed by atoms with Crippen molar-refractivity contribution < 1.29 is 9.18 Å². The molecule has 4 rings (SSSR count). The Hall–Kier alpha value is -2.09. The van der Waals surface area contributed by atoms with E-state index < -0.39 is 0 Å². The van der Waals surface area contributed by atoms with Gasteiger partial charge < -0.3 is 14.8 Å². The van der Waals surface area contributed by atoms with Crippen molar-refractivity contribution in [2.75, 3.05) is 24.2 Å². The van der Waals surface area contributed by atoms with Gasteiger partial charge >= 0.3 is 0 Å². The summed E-state index contributed by atoms with van der Waals surface area (Å²) in [6.07, 6.45) is 8.23. The van der Waals surface area contributed by atoms with Gasteiger partial charge in [-0.1, -0.05) is 37.9 Å². The lowest BCUT2D eigenvalue weighted by Gasteiger charge is -2.31. The first-order valence-electron chi connectivity index (χ1n) is 11.4. The molecule has 0 spiro atoms. The molecular weight excluding hydrogens is 413 g/mol. The number of nitrogens with zero attached hydrogens (tertiary/aromatic N) is 4. The highest BCUT2D eigenvalue weighted by Crippen LogP contribution is 2.33. The third-order valence-corrected chi connectivity index (χ3v) is 7.23. The lowest BCUT2D eigenvalue weighted by Crippen LogP contribution is -2.40. The lowest BCUT2D eigenvalue weighted by atomic mass is 9.95. The minimum absolute atomic E-state index is 0.195. The lowest BCUT2D eigenvalue weighted by molar-refractivity contribution is -0.130. The summed E-state index contributed by atoms with van der Waals surface area (Å²) < 4.78 is 15.4. The van der Waals surface area contributed by atoms with Gasteiger partial charge in [-0.3, -0.25) is 4.79 Å². The van der Waals surface area contributed by atoms with Crippen LogP contribution < -0.4 is 5.32 Å². The molecule has 1 atom stereocenters. The van der Waals surface area contributed by atoms with Crippen molar-refractivity contribution in [2.45, 2.75) is 69.6 Å². The van der Waals surface area contributed by atoms with Crippen LogP contribution in [-0.4, -0.2) is 44.4 Å². The number of rotatable bonds is 7. The predicted molar refractivity (Wildman–Crippen MR) is 122 cm³/mol. The van der Waals surface area contributed by atoms with Crippen LogP contribution >= 0.6 is 11.8 Å². The second-order valence-electron chi connectivity index (χ2n) is 8.80. The first-order chi connectivity index (χ1) is 15.1. The molecule has 8 heteroatoms. The van der Waals surface area contributed by atoms with Gasteiger partial charge in [-0.15, -0.1) is 10.2 Å². The molecule has 168 valence electrons. The van der Waals surface area contributed by atoms with Crippen LogP contribution in [0.2, 0.25) is 0 Å². The SMILES string of the molecule is C[C@H]1CCCN(C(=O)CSc2nnc(CNc3ccc(F)cc3)n2C2CCCCC2)C1. The first kappa shape index (κ1) is 22.1. The fourth-order valence-corrected chi connectivity index (χ4v) is 5.54. The van der Waals surface area contributed by atoms with Crippen molar-refractivity contribution in [2.24, 2.45) is 5.92 Å². The number of nitrogens with one attached hydrogen (secondary N) is 1. The van der Waals surface area contributed by atoms with Crippen molar-refractivity contribution in [1.29, 1.82) is 0 Å². The van der Waals surface area contributed by atoms with E-state index in [1.54, 1.807) is 12.1 Å². The van der Waals surface area contributed by atoms with E-state index in [1.165, 1.54) is 49.6 Å². The Labute approximate surface area is 188 Å². The number of benzene rings is 1. The Morgan fingerprint density at radius 2 is 1.90 bits per heavy atom. The minimum Gasteiger partial charge on any atom is -0.378 e. The number of anilines is 1. The van der Waals surface area contributed by atoms with Gasteiger partial charge in [0.2, 0.25) is 5.91 Å². The van der Waals surface area contributed by atoms with Gasteiger partial charge in [0, 0.05) is 24.8 Å². The fraction of sp³-hybridized carbons (Fsp3) is 0.609. The van der Waals surface area contributed by atoms with Crippen LogP contribution in [0.15, 0.2) is 29.4 Å². The van der Waals surface area contributed by atoms with Crippen LogP contribution in [0.1, 0.15) is 63.7 Å². The van der Waals surface area contributed by atoms with E-state index in [0.717, 1.165) is 49.0 Å². The number of carbonyl (C=O) groups is 1. The first-order valence-corrected chi connectivity index (χ1v) is 12.4. The Balaban J connectivity index is 1.44. The molecule has 1 aromatic heterocycles. The third kappa shape index (κ3) is 5.79. The number of carbonyl (C=O) groups excluding carboxylic acids is 1. The Morgan fingerprint density at radius 1 is 1.13 bits per heavy atom. The standard InChI is InChI=1S/C23H32FN5OS/c1-17-6-5-13-28(15-17)22(30)16-31-23-27-26-21(29(23)20-7-3-2-4-8-20)14-25-19-11-9-18(24)10-12-19/h9-12,17,20,25H,2-8,13-16H2,1H3/t17-/m0/s1. The molecule has 6 nitrogen and oxygen atoms in total. The van der Waals surface area contributed by atoms with Gasteiger partial charge in [0.15, 0.2) is 11.0 Å². The molecule has 2 fully saturated rings. The van der Waals surface area contributed by atoms with Gasteiger partial charge in [0.1, 0.15) is 5.82 Å². The normalized spacial score (nSPS) is 20.1. The molecule has 2 aromatic rings. The van der Waals surface area contributed by atoms with Crippen LogP contribution in [0.5, 0.6) is 0 Å². The summed E-state index contributed by atoms with van der Waals surface area (Å²) in [6.45, 7) is 4.47. The number of amides is 1. The van der Waals surface area contributed by atoms with Gasteiger partial charge in [-0.05, 0) is 55.9 Å². The smallest absolute Gasteiger partial charge is 0.233 e. The fourth-order valence-electron chi connectivity index (χ4n) is 4.61. The molecule has 1 amide bonds. The van der Waals surface area contributed by atoms with Crippen LogP contribution in [0, 0.1) is 11.7 Å². The zero-order valence-corrected chi connectivity index (χ0v) is 19.0. The Morgan fingerprint density at radius 3 is 2.65 bits per heavy atom. The maximum atomic E-state index is 13.2. The summed E-state index contributed by atoms with van der Waals surface area (Å²) in [4.78, 5) is 14.8.